The first-order valence-electron chi connectivity index (χ1n) is 4.97. The van der Waals surface area contributed by atoms with Gasteiger partial charge in [0, 0.05) is 0 Å². The van der Waals surface area contributed by atoms with Crippen molar-refractivity contribution in [3.05, 3.63) is 42.2 Å². The molecular formula is C12H17NO. The molecule has 14 heavy (non-hydrogen) atoms. The molecule has 1 aromatic rings. The molecule has 0 radical (unpaired) electrons. The van der Waals surface area contributed by atoms with Crippen molar-refractivity contribution in [3.8, 4) is 0 Å². The third kappa shape index (κ3) is 4.67. The van der Waals surface area contributed by atoms with E-state index >= 15 is 0 Å². The van der Waals surface area contributed by atoms with E-state index in [0.29, 0.717) is 6.73 Å². The molecule has 0 saturated heterocycles. The Morgan fingerprint density at radius 2 is 2.07 bits per heavy atom. The standard InChI is InChI=1S/C12H17NO/c1-2-9-13-11-14-10-8-12-6-4-3-5-7-12/h3-8,10,13H,2,9,11H2,1H3. The summed E-state index contributed by atoms with van der Waals surface area (Å²) >= 11 is 0. The predicted octanol–water partition coefficient (Wildman–Crippen LogP) is 2.63. The Kier molecular flexibility index (Phi) is 5.52. The van der Waals surface area contributed by atoms with Crippen molar-refractivity contribution >= 4 is 6.08 Å². The van der Waals surface area contributed by atoms with Crippen LogP contribution in [0, 0.1) is 0 Å². The Hall–Kier alpha value is -1.28. The van der Waals surface area contributed by atoms with Gasteiger partial charge in [-0.3, -0.25) is 5.32 Å². The van der Waals surface area contributed by atoms with E-state index in [9.17, 15) is 0 Å². The highest BCUT2D eigenvalue weighted by atomic mass is 16.5. The predicted molar refractivity (Wildman–Crippen MR) is 59.7 cm³/mol. The fourth-order valence-electron chi connectivity index (χ4n) is 1.05. The lowest BCUT2D eigenvalue weighted by Crippen LogP contribution is -2.16. The average molecular weight is 191 g/mol. The third-order valence-electron chi connectivity index (χ3n) is 1.77. The molecule has 0 aliphatic rings. The first-order valence-corrected chi connectivity index (χ1v) is 4.97. The molecule has 1 N–H and O–H groups in total. The van der Waals surface area contributed by atoms with E-state index in [-0.39, 0.29) is 0 Å². The summed E-state index contributed by atoms with van der Waals surface area (Å²) in [6, 6.07) is 10.1. The maximum Gasteiger partial charge on any atom is 0.138 e. The van der Waals surface area contributed by atoms with E-state index in [1.807, 2.05) is 36.4 Å². The van der Waals surface area contributed by atoms with Gasteiger partial charge in [0.25, 0.3) is 0 Å². The van der Waals surface area contributed by atoms with E-state index in [1.54, 1.807) is 6.26 Å². The van der Waals surface area contributed by atoms with Gasteiger partial charge in [-0.05, 0) is 24.6 Å². The molecule has 0 unspecified atom stereocenters. The second-order valence-corrected chi connectivity index (χ2v) is 3.02. The molecule has 2 nitrogen and oxygen atoms in total. The van der Waals surface area contributed by atoms with Crippen LogP contribution in [0.25, 0.3) is 6.08 Å². The molecule has 0 bridgehead atoms. The van der Waals surface area contributed by atoms with Crippen LogP contribution >= 0.6 is 0 Å². The zero-order valence-electron chi connectivity index (χ0n) is 8.57. The zero-order valence-corrected chi connectivity index (χ0v) is 8.57. The summed E-state index contributed by atoms with van der Waals surface area (Å²) in [4.78, 5) is 0. The smallest absolute Gasteiger partial charge is 0.138 e. The maximum atomic E-state index is 5.25. The second-order valence-electron chi connectivity index (χ2n) is 3.02. The van der Waals surface area contributed by atoms with Crippen LogP contribution in [-0.2, 0) is 4.74 Å². The van der Waals surface area contributed by atoms with Crippen molar-refractivity contribution in [2.24, 2.45) is 0 Å². The van der Waals surface area contributed by atoms with Crippen LogP contribution in [0.15, 0.2) is 36.6 Å². The quantitative estimate of drug-likeness (QED) is 0.424. The van der Waals surface area contributed by atoms with Gasteiger partial charge in [-0.2, -0.15) is 0 Å². The van der Waals surface area contributed by atoms with Gasteiger partial charge in [-0.15, -0.1) is 0 Å². The molecule has 0 atom stereocenters. The zero-order chi connectivity index (χ0) is 10.1. The maximum absolute atomic E-state index is 5.25. The van der Waals surface area contributed by atoms with Crippen molar-refractivity contribution in [2.45, 2.75) is 13.3 Å². The summed E-state index contributed by atoms with van der Waals surface area (Å²) in [7, 11) is 0. The van der Waals surface area contributed by atoms with Crippen LogP contribution in [0.1, 0.15) is 18.9 Å². The monoisotopic (exact) mass is 191 g/mol. The molecule has 0 spiro atoms. The topological polar surface area (TPSA) is 21.3 Å². The van der Waals surface area contributed by atoms with Crippen LogP contribution in [-0.4, -0.2) is 13.3 Å². The van der Waals surface area contributed by atoms with Gasteiger partial charge < -0.3 is 4.74 Å². The van der Waals surface area contributed by atoms with Gasteiger partial charge in [0.15, 0.2) is 0 Å². The highest BCUT2D eigenvalue weighted by Gasteiger charge is 1.83. The average Bonchev–Trinajstić information content (AvgIpc) is 2.25. The van der Waals surface area contributed by atoms with Crippen LogP contribution in [0.4, 0.5) is 0 Å². The fraction of sp³-hybridized carbons (Fsp3) is 0.333. The Morgan fingerprint density at radius 3 is 2.79 bits per heavy atom. The minimum atomic E-state index is 0.581. The first-order chi connectivity index (χ1) is 6.93. The molecule has 1 rings (SSSR count). The van der Waals surface area contributed by atoms with E-state index in [4.69, 9.17) is 4.74 Å². The molecule has 0 fully saturated rings. The van der Waals surface area contributed by atoms with Crippen molar-refractivity contribution in [1.82, 2.24) is 5.32 Å². The summed E-state index contributed by atoms with van der Waals surface area (Å²) in [5, 5.41) is 3.15. The van der Waals surface area contributed by atoms with Gasteiger partial charge in [0.05, 0.1) is 6.26 Å². The van der Waals surface area contributed by atoms with Crippen molar-refractivity contribution in [1.29, 1.82) is 0 Å². The number of ether oxygens (including phenoxy) is 1. The number of hydrogen-bond acceptors (Lipinski definition) is 2. The van der Waals surface area contributed by atoms with Crippen molar-refractivity contribution in [3.63, 3.8) is 0 Å². The number of hydrogen-bond donors (Lipinski definition) is 1. The van der Waals surface area contributed by atoms with Crippen molar-refractivity contribution in [2.75, 3.05) is 13.3 Å². The molecule has 2 heteroatoms. The van der Waals surface area contributed by atoms with Crippen LogP contribution in [0.3, 0.4) is 0 Å². The van der Waals surface area contributed by atoms with Gasteiger partial charge in [0.1, 0.15) is 6.73 Å². The summed E-state index contributed by atoms with van der Waals surface area (Å²) < 4.78 is 5.25. The van der Waals surface area contributed by atoms with Gasteiger partial charge >= 0.3 is 0 Å². The molecule has 0 aliphatic carbocycles. The minimum absolute atomic E-state index is 0.581. The van der Waals surface area contributed by atoms with E-state index in [0.717, 1.165) is 18.5 Å². The Labute approximate surface area is 85.6 Å². The van der Waals surface area contributed by atoms with Crippen LogP contribution < -0.4 is 5.32 Å². The fourth-order valence-corrected chi connectivity index (χ4v) is 1.05. The highest BCUT2D eigenvalue weighted by Crippen LogP contribution is 2.00. The number of nitrogens with one attached hydrogen (secondary N) is 1. The minimum Gasteiger partial charge on any atom is -0.486 e. The molecule has 1 aromatic carbocycles. The Balaban J connectivity index is 2.15. The summed E-state index contributed by atoms with van der Waals surface area (Å²) in [6.07, 6.45) is 4.80. The highest BCUT2D eigenvalue weighted by molar-refractivity contribution is 5.47. The molecule has 0 aliphatic heterocycles. The van der Waals surface area contributed by atoms with E-state index in [1.165, 1.54) is 0 Å². The summed E-state index contributed by atoms with van der Waals surface area (Å²) in [5.41, 5.74) is 1.16. The molecule has 0 aromatic heterocycles. The van der Waals surface area contributed by atoms with Gasteiger partial charge in [0.2, 0.25) is 0 Å². The SMILES string of the molecule is CCCNCOC=Cc1ccccc1. The van der Waals surface area contributed by atoms with Crippen LogP contribution in [0.5, 0.6) is 0 Å². The molecule has 0 saturated carbocycles. The Bertz CT molecular complexity index is 256. The lowest BCUT2D eigenvalue weighted by molar-refractivity contribution is 0.224. The molecule has 76 valence electrons. The second kappa shape index (κ2) is 7.15. The first kappa shape index (κ1) is 10.8. The van der Waals surface area contributed by atoms with Crippen LogP contribution in [0.2, 0.25) is 0 Å². The Morgan fingerprint density at radius 1 is 1.29 bits per heavy atom. The third-order valence-corrected chi connectivity index (χ3v) is 1.77. The molecule has 0 amide bonds. The number of rotatable bonds is 6. The summed E-state index contributed by atoms with van der Waals surface area (Å²) in [5.74, 6) is 0. The summed E-state index contributed by atoms with van der Waals surface area (Å²) in [6.45, 7) is 3.71. The molecule has 0 heterocycles. The van der Waals surface area contributed by atoms with E-state index < -0.39 is 0 Å². The van der Waals surface area contributed by atoms with Crippen molar-refractivity contribution < 1.29 is 4.74 Å². The number of benzene rings is 1. The molecular weight excluding hydrogens is 174 g/mol. The lowest BCUT2D eigenvalue weighted by Gasteiger charge is -2.01. The van der Waals surface area contributed by atoms with Gasteiger partial charge in [-0.25, -0.2) is 0 Å². The normalized spacial score (nSPS) is 10.6. The largest absolute Gasteiger partial charge is 0.486 e. The van der Waals surface area contributed by atoms with E-state index in [2.05, 4.69) is 12.2 Å². The van der Waals surface area contributed by atoms with Gasteiger partial charge in [-0.1, -0.05) is 37.3 Å². The lowest BCUT2D eigenvalue weighted by atomic mass is 10.2.